The Morgan fingerprint density at radius 3 is 2.50 bits per heavy atom. The van der Waals surface area contributed by atoms with Gasteiger partial charge in [-0.1, -0.05) is 13.0 Å². The minimum Gasteiger partial charge on any atom is -0.497 e. The number of carbonyl (C=O) groups excluding carboxylic acids is 2. The fourth-order valence-corrected chi connectivity index (χ4v) is 3.39. The van der Waals surface area contributed by atoms with Gasteiger partial charge in [-0.2, -0.15) is 0 Å². The van der Waals surface area contributed by atoms with E-state index in [9.17, 15) is 9.59 Å². The van der Waals surface area contributed by atoms with E-state index in [1.807, 2.05) is 25.1 Å². The maximum Gasteiger partial charge on any atom is 0.224 e. The number of benzene rings is 2. The van der Waals surface area contributed by atoms with Crippen molar-refractivity contribution >= 4 is 23.1 Å². The van der Waals surface area contributed by atoms with Gasteiger partial charge in [0.05, 0.1) is 12.6 Å². The third-order valence-corrected chi connectivity index (χ3v) is 4.84. The van der Waals surface area contributed by atoms with E-state index in [2.05, 4.69) is 24.5 Å². The van der Waals surface area contributed by atoms with E-state index >= 15 is 0 Å². The first-order chi connectivity index (χ1) is 13.3. The number of amides is 1. The van der Waals surface area contributed by atoms with Crippen molar-refractivity contribution in [3.05, 3.63) is 65.2 Å². The van der Waals surface area contributed by atoms with E-state index in [0.29, 0.717) is 17.7 Å². The van der Waals surface area contributed by atoms with E-state index in [1.54, 1.807) is 37.5 Å². The van der Waals surface area contributed by atoms with Crippen LogP contribution in [0.4, 0.5) is 5.69 Å². The van der Waals surface area contributed by atoms with Gasteiger partial charge in [0.25, 0.3) is 0 Å². The number of hydrogen-bond acceptors (Lipinski definition) is 4. The van der Waals surface area contributed by atoms with E-state index in [1.165, 1.54) is 0 Å². The number of fused-ring (bicyclic) bond motifs is 1. The summed E-state index contributed by atoms with van der Waals surface area (Å²) in [6.45, 7) is 6.12. The molecule has 0 saturated carbocycles. The monoisotopic (exact) mass is 378 g/mol. The van der Waals surface area contributed by atoms with Crippen LogP contribution in [-0.4, -0.2) is 18.8 Å². The molecule has 0 radical (unpaired) electrons. The molecule has 5 nitrogen and oxygen atoms in total. The molecule has 0 aliphatic carbocycles. The van der Waals surface area contributed by atoms with E-state index < -0.39 is 0 Å². The second-order valence-electron chi connectivity index (χ2n) is 7.46. The number of nitrogens with one attached hydrogen (secondary N) is 2. The van der Waals surface area contributed by atoms with Gasteiger partial charge in [0, 0.05) is 35.0 Å². The summed E-state index contributed by atoms with van der Waals surface area (Å²) in [5.41, 5.74) is 3.88. The van der Waals surface area contributed by atoms with Crippen molar-refractivity contribution in [1.29, 1.82) is 0 Å². The van der Waals surface area contributed by atoms with Crippen LogP contribution in [0.25, 0.3) is 5.70 Å². The Morgan fingerprint density at radius 2 is 1.86 bits per heavy atom. The van der Waals surface area contributed by atoms with Crippen LogP contribution in [0.15, 0.2) is 48.5 Å². The molecule has 1 amide bonds. The SMILES string of the molecule is CCCC(=O)Nc1ccc(C(=O)/C=C2\NC(C)(C)c3ccc(OC)cc32)cc1. The standard InChI is InChI=1S/C23H26N2O3/c1-5-6-22(27)24-16-9-7-15(8-10-16)21(26)14-20-18-13-17(28-4)11-12-19(18)23(2,3)25-20/h7-14,25H,5-6H2,1-4H3,(H,24,27)/b20-14-. The number of allylic oxidation sites excluding steroid dienone is 1. The molecular weight excluding hydrogens is 352 g/mol. The smallest absolute Gasteiger partial charge is 0.224 e. The number of ketones is 1. The quantitative estimate of drug-likeness (QED) is 0.574. The van der Waals surface area contributed by atoms with Crippen molar-refractivity contribution in [3.8, 4) is 5.75 Å². The van der Waals surface area contributed by atoms with Crippen LogP contribution in [0.5, 0.6) is 5.75 Å². The Kier molecular flexibility index (Phi) is 5.54. The van der Waals surface area contributed by atoms with Crippen molar-refractivity contribution in [3.63, 3.8) is 0 Å². The lowest BCUT2D eigenvalue weighted by molar-refractivity contribution is -0.116. The van der Waals surface area contributed by atoms with Crippen molar-refractivity contribution in [2.75, 3.05) is 12.4 Å². The molecule has 146 valence electrons. The number of hydrogen-bond donors (Lipinski definition) is 2. The Labute approximate surface area is 165 Å². The highest BCUT2D eigenvalue weighted by Gasteiger charge is 2.33. The summed E-state index contributed by atoms with van der Waals surface area (Å²) in [6.07, 6.45) is 2.90. The third kappa shape index (κ3) is 4.09. The maximum absolute atomic E-state index is 12.8. The van der Waals surface area contributed by atoms with Gasteiger partial charge in [-0.05, 0) is 62.2 Å². The first kappa shape index (κ1) is 19.7. The Balaban J connectivity index is 1.83. The fraction of sp³-hybridized carbons (Fsp3) is 0.304. The lowest BCUT2D eigenvalue weighted by Gasteiger charge is -2.20. The van der Waals surface area contributed by atoms with Gasteiger partial charge in [0.2, 0.25) is 5.91 Å². The molecule has 2 aromatic carbocycles. The lowest BCUT2D eigenvalue weighted by atomic mass is 9.94. The summed E-state index contributed by atoms with van der Waals surface area (Å²) >= 11 is 0. The Bertz CT molecular complexity index is 927. The third-order valence-electron chi connectivity index (χ3n) is 4.84. The van der Waals surface area contributed by atoms with Crippen molar-refractivity contribution in [1.82, 2.24) is 5.32 Å². The van der Waals surface area contributed by atoms with E-state index in [4.69, 9.17) is 4.74 Å². The second kappa shape index (κ2) is 7.89. The summed E-state index contributed by atoms with van der Waals surface area (Å²) in [7, 11) is 1.63. The van der Waals surface area contributed by atoms with Gasteiger partial charge in [0.1, 0.15) is 5.75 Å². The second-order valence-corrected chi connectivity index (χ2v) is 7.46. The highest BCUT2D eigenvalue weighted by molar-refractivity contribution is 6.09. The molecule has 1 aliphatic heterocycles. The van der Waals surface area contributed by atoms with Crippen LogP contribution >= 0.6 is 0 Å². The fourth-order valence-electron chi connectivity index (χ4n) is 3.39. The van der Waals surface area contributed by atoms with Crippen LogP contribution in [0, 0.1) is 0 Å². The van der Waals surface area contributed by atoms with Crippen LogP contribution < -0.4 is 15.4 Å². The topological polar surface area (TPSA) is 67.4 Å². The highest BCUT2D eigenvalue weighted by atomic mass is 16.5. The summed E-state index contributed by atoms with van der Waals surface area (Å²) in [4.78, 5) is 24.5. The number of rotatable bonds is 6. The molecule has 1 aliphatic rings. The average Bonchev–Trinajstić information content (AvgIpc) is 2.92. The largest absolute Gasteiger partial charge is 0.497 e. The highest BCUT2D eigenvalue weighted by Crippen LogP contribution is 2.38. The Morgan fingerprint density at radius 1 is 1.14 bits per heavy atom. The van der Waals surface area contributed by atoms with E-state index in [-0.39, 0.29) is 17.2 Å². The molecule has 0 bridgehead atoms. The van der Waals surface area contributed by atoms with Gasteiger partial charge in [-0.3, -0.25) is 9.59 Å². The molecule has 0 saturated heterocycles. The van der Waals surface area contributed by atoms with Crippen LogP contribution in [0.1, 0.15) is 55.1 Å². The predicted molar refractivity (Wildman–Crippen MR) is 111 cm³/mol. The molecule has 28 heavy (non-hydrogen) atoms. The van der Waals surface area contributed by atoms with Crippen molar-refractivity contribution in [2.24, 2.45) is 0 Å². The predicted octanol–water partition coefficient (Wildman–Crippen LogP) is 4.50. The van der Waals surface area contributed by atoms with Gasteiger partial charge < -0.3 is 15.4 Å². The summed E-state index contributed by atoms with van der Waals surface area (Å²) in [5, 5.41) is 6.25. The van der Waals surface area contributed by atoms with Gasteiger partial charge >= 0.3 is 0 Å². The molecule has 0 unspecified atom stereocenters. The summed E-state index contributed by atoms with van der Waals surface area (Å²) in [6, 6.07) is 12.9. The first-order valence-corrected chi connectivity index (χ1v) is 9.47. The number of carbonyl (C=O) groups is 2. The molecule has 1 heterocycles. The van der Waals surface area contributed by atoms with Gasteiger partial charge in [-0.25, -0.2) is 0 Å². The zero-order chi connectivity index (χ0) is 20.3. The molecule has 3 rings (SSSR count). The number of ether oxygens (including phenoxy) is 1. The van der Waals surface area contributed by atoms with Gasteiger partial charge in [-0.15, -0.1) is 0 Å². The Hall–Kier alpha value is -3.08. The zero-order valence-electron chi connectivity index (χ0n) is 16.8. The van der Waals surface area contributed by atoms with Crippen LogP contribution in [0.3, 0.4) is 0 Å². The molecule has 0 fully saturated rings. The first-order valence-electron chi connectivity index (χ1n) is 9.47. The number of anilines is 1. The molecular formula is C23H26N2O3. The van der Waals surface area contributed by atoms with Crippen LogP contribution in [0.2, 0.25) is 0 Å². The molecule has 5 heteroatoms. The van der Waals surface area contributed by atoms with Crippen LogP contribution in [-0.2, 0) is 10.3 Å². The minimum absolute atomic E-state index is 0.0216. The molecule has 0 aromatic heterocycles. The molecule has 2 N–H and O–H groups in total. The lowest BCUT2D eigenvalue weighted by Crippen LogP contribution is -2.28. The minimum atomic E-state index is -0.263. The average molecular weight is 378 g/mol. The molecule has 0 atom stereocenters. The van der Waals surface area contributed by atoms with E-state index in [0.717, 1.165) is 29.0 Å². The molecule has 0 spiro atoms. The zero-order valence-corrected chi connectivity index (χ0v) is 16.8. The van der Waals surface area contributed by atoms with Crippen molar-refractivity contribution in [2.45, 2.75) is 39.2 Å². The molecule has 2 aromatic rings. The summed E-state index contributed by atoms with van der Waals surface area (Å²) < 4.78 is 5.33. The summed E-state index contributed by atoms with van der Waals surface area (Å²) in [5.74, 6) is 0.635. The normalized spacial score (nSPS) is 15.6. The van der Waals surface area contributed by atoms with Crippen molar-refractivity contribution < 1.29 is 14.3 Å². The van der Waals surface area contributed by atoms with Gasteiger partial charge in [0.15, 0.2) is 5.78 Å². The maximum atomic E-state index is 12.8. The number of methoxy groups -OCH3 is 1.